The molecule has 0 spiro atoms. The van der Waals surface area contributed by atoms with Crippen LogP contribution in [0, 0.1) is 35.0 Å². The van der Waals surface area contributed by atoms with Crippen LogP contribution < -0.4 is 5.32 Å². The Morgan fingerprint density at radius 2 is 1.48 bits per heavy atom. The molecule has 46 heavy (non-hydrogen) atoms. The van der Waals surface area contributed by atoms with Crippen molar-refractivity contribution in [3.63, 3.8) is 0 Å². The minimum absolute atomic E-state index is 0.0394. The molecule has 0 bridgehead atoms. The van der Waals surface area contributed by atoms with Crippen LogP contribution in [0.15, 0.2) is 77.7 Å². The second-order valence-corrected chi connectivity index (χ2v) is 11.5. The van der Waals surface area contributed by atoms with Crippen LogP contribution in [0.4, 0.5) is 27.6 Å². The number of aromatic carboxylic acids is 1. The van der Waals surface area contributed by atoms with Crippen molar-refractivity contribution in [3.8, 4) is 0 Å². The number of carbonyl (C=O) groups excluding carboxylic acids is 1. The Hall–Kier alpha value is -4.30. The van der Waals surface area contributed by atoms with Crippen molar-refractivity contribution in [1.29, 1.82) is 0 Å². The Morgan fingerprint density at radius 1 is 0.826 bits per heavy atom. The maximum absolute atomic E-state index is 14.3. The van der Waals surface area contributed by atoms with E-state index in [0.29, 0.717) is 21.8 Å². The number of benzene rings is 4. The number of thioether (sulfide) groups is 1. The molecular weight excluding hydrogens is 633 g/mol. The molecule has 1 saturated heterocycles. The highest BCUT2D eigenvalue weighted by Gasteiger charge is 2.39. The first-order chi connectivity index (χ1) is 22.0. The van der Waals surface area contributed by atoms with Crippen molar-refractivity contribution in [2.24, 2.45) is 5.92 Å². The zero-order valence-electron chi connectivity index (χ0n) is 24.0. The van der Waals surface area contributed by atoms with Crippen molar-refractivity contribution >= 4 is 29.3 Å². The molecule has 0 unspecified atom stereocenters. The smallest absolute Gasteiger partial charge is 0.336 e. The average Bonchev–Trinajstić information content (AvgIpc) is 3.06. The first kappa shape index (κ1) is 33.1. The van der Waals surface area contributed by atoms with E-state index in [-0.39, 0.29) is 23.8 Å². The number of carboxylic acid groups (broad SMARTS) is 1. The third-order valence-electron chi connectivity index (χ3n) is 7.50. The van der Waals surface area contributed by atoms with Crippen molar-refractivity contribution in [1.82, 2.24) is 0 Å². The molecule has 4 atom stereocenters. The Labute approximate surface area is 264 Å². The Bertz CT molecular complexity index is 1740. The van der Waals surface area contributed by atoms with Crippen LogP contribution in [-0.2, 0) is 16.1 Å². The standard InChI is InChI=1S/C33H26F5NO6S/c1-16-22(15-46-23-8-3-2-7-21(23)32(42)43)44-33(45-30(16)18-11-9-17(14-40)10-12-18)19-5-4-6-20(13-19)39-31(41)24-25(34)27(36)29(38)28(37)26(24)35/h2-13,16,22,30,33,40H,14-15H2,1H3,(H,39,41)(H,42,43)/t16-,22+,30+,33+/m0/s1. The lowest BCUT2D eigenvalue weighted by Crippen LogP contribution is -2.38. The predicted octanol–water partition coefficient (Wildman–Crippen LogP) is 7.41. The Morgan fingerprint density at radius 3 is 2.13 bits per heavy atom. The number of rotatable bonds is 9. The van der Waals surface area contributed by atoms with Gasteiger partial charge in [-0.1, -0.05) is 55.5 Å². The number of aliphatic hydroxyl groups is 1. The van der Waals surface area contributed by atoms with Gasteiger partial charge in [0.25, 0.3) is 5.91 Å². The second-order valence-electron chi connectivity index (χ2n) is 10.5. The number of carboxylic acids is 1. The molecule has 0 aromatic heterocycles. The lowest BCUT2D eigenvalue weighted by molar-refractivity contribution is -0.268. The average molecular weight is 660 g/mol. The van der Waals surface area contributed by atoms with Crippen LogP contribution in [0.3, 0.4) is 0 Å². The lowest BCUT2D eigenvalue weighted by Gasteiger charge is -2.41. The fourth-order valence-corrected chi connectivity index (χ4v) is 6.22. The van der Waals surface area contributed by atoms with Crippen LogP contribution in [0.2, 0.25) is 0 Å². The maximum atomic E-state index is 14.3. The number of anilines is 1. The van der Waals surface area contributed by atoms with Crippen molar-refractivity contribution < 1.29 is 51.2 Å². The van der Waals surface area contributed by atoms with Crippen LogP contribution in [0.5, 0.6) is 0 Å². The normalized spacial score (nSPS) is 19.5. The summed E-state index contributed by atoms with van der Waals surface area (Å²) in [6.45, 7) is 1.76. The molecule has 4 aromatic rings. The fraction of sp³-hybridized carbons (Fsp3) is 0.212. The molecule has 4 aromatic carbocycles. The summed E-state index contributed by atoms with van der Waals surface area (Å²) in [6, 6.07) is 19.5. The number of amides is 1. The first-order valence-electron chi connectivity index (χ1n) is 13.9. The fourth-order valence-electron chi connectivity index (χ4n) is 5.01. The SMILES string of the molecule is C[C@H]1[C@@H](CSc2ccccc2C(=O)O)O[C@@H](c2cccc(NC(=O)c3c(F)c(F)c(F)c(F)c3F)c2)O[C@H]1c1ccc(CO)cc1. The van der Waals surface area contributed by atoms with Gasteiger partial charge in [-0.05, 0) is 35.4 Å². The van der Waals surface area contributed by atoms with E-state index in [4.69, 9.17) is 9.47 Å². The van der Waals surface area contributed by atoms with Crippen molar-refractivity contribution in [3.05, 3.63) is 130 Å². The van der Waals surface area contributed by atoms with Gasteiger partial charge >= 0.3 is 5.97 Å². The van der Waals surface area contributed by atoms with Crippen LogP contribution in [0.1, 0.15) is 56.7 Å². The van der Waals surface area contributed by atoms with E-state index in [1.54, 1.807) is 48.5 Å². The summed E-state index contributed by atoms with van der Waals surface area (Å²) in [5.41, 5.74) is 0.287. The molecule has 3 N–H and O–H groups in total. The number of hydrogen-bond acceptors (Lipinski definition) is 6. The zero-order valence-corrected chi connectivity index (χ0v) is 24.8. The zero-order chi connectivity index (χ0) is 33.1. The molecule has 5 rings (SSSR count). The van der Waals surface area contributed by atoms with Crippen LogP contribution >= 0.6 is 11.8 Å². The molecule has 1 aliphatic rings. The highest BCUT2D eigenvalue weighted by molar-refractivity contribution is 7.99. The molecule has 0 saturated carbocycles. The number of aliphatic hydroxyl groups excluding tert-OH is 1. The highest BCUT2D eigenvalue weighted by Crippen LogP contribution is 2.43. The Balaban J connectivity index is 1.43. The summed E-state index contributed by atoms with van der Waals surface area (Å²) < 4.78 is 82.1. The van der Waals surface area contributed by atoms with E-state index in [2.05, 4.69) is 5.32 Å². The van der Waals surface area contributed by atoms with Gasteiger partial charge in [0.05, 0.1) is 24.4 Å². The van der Waals surface area contributed by atoms with Gasteiger partial charge in [0.1, 0.15) is 5.56 Å². The molecule has 1 aliphatic heterocycles. The summed E-state index contributed by atoms with van der Waals surface area (Å²) in [5.74, 6) is -14.0. The predicted molar refractivity (Wildman–Crippen MR) is 158 cm³/mol. The number of carbonyl (C=O) groups is 2. The van der Waals surface area contributed by atoms with E-state index in [1.165, 1.54) is 36.0 Å². The van der Waals surface area contributed by atoms with Crippen LogP contribution in [0.25, 0.3) is 0 Å². The summed E-state index contributed by atoms with van der Waals surface area (Å²) in [5, 5.41) is 21.2. The molecule has 240 valence electrons. The third-order valence-corrected chi connectivity index (χ3v) is 8.66. The number of nitrogens with one attached hydrogen (secondary N) is 1. The number of ether oxygens (including phenoxy) is 2. The van der Waals surface area contributed by atoms with Crippen molar-refractivity contribution in [2.75, 3.05) is 11.1 Å². The maximum Gasteiger partial charge on any atom is 0.336 e. The molecular formula is C33H26F5NO6S. The van der Waals surface area contributed by atoms with Crippen molar-refractivity contribution in [2.45, 2.75) is 36.9 Å². The van der Waals surface area contributed by atoms with E-state index in [1.807, 2.05) is 6.92 Å². The van der Waals surface area contributed by atoms with Gasteiger partial charge in [-0.2, -0.15) is 0 Å². The van der Waals surface area contributed by atoms with Gasteiger partial charge in [-0.3, -0.25) is 4.79 Å². The highest BCUT2D eigenvalue weighted by atomic mass is 32.2. The number of halogens is 5. The summed E-state index contributed by atoms with van der Waals surface area (Å²) in [7, 11) is 0. The van der Waals surface area contributed by atoms with Gasteiger partial charge in [0.2, 0.25) is 5.82 Å². The van der Waals surface area contributed by atoms with Crippen LogP contribution in [-0.4, -0.2) is 33.9 Å². The quantitative estimate of drug-likeness (QED) is 0.0744. The van der Waals surface area contributed by atoms with E-state index in [9.17, 15) is 41.8 Å². The minimum Gasteiger partial charge on any atom is -0.478 e. The summed E-state index contributed by atoms with van der Waals surface area (Å²) in [4.78, 5) is 24.9. The monoisotopic (exact) mass is 659 g/mol. The summed E-state index contributed by atoms with van der Waals surface area (Å²) >= 11 is 1.29. The third kappa shape index (κ3) is 6.77. The molecule has 13 heteroatoms. The molecule has 0 radical (unpaired) electrons. The molecule has 1 heterocycles. The molecule has 1 fully saturated rings. The van der Waals surface area contributed by atoms with Gasteiger partial charge in [0, 0.05) is 27.8 Å². The van der Waals surface area contributed by atoms with Gasteiger partial charge in [-0.25, -0.2) is 26.7 Å². The number of hydrogen-bond donors (Lipinski definition) is 3. The molecule has 0 aliphatic carbocycles. The van der Waals surface area contributed by atoms with Gasteiger partial charge in [-0.15, -0.1) is 11.8 Å². The lowest BCUT2D eigenvalue weighted by atomic mass is 9.91. The van der Waals surface area contributed by atoms with Gasteiger partial charge < -0.3 is 25.0 Å². The molecule has 7 nitrogen and oxygen atoms in total. The summed E-state index contributed by atoms with van der Waals surface area (Å²) in [6.07, 6.45) is -2.09. The minimum atomic E-state index is -2.38. The van der Waals surface area contributed by atoms with Gasteiger partial charge in [0.15, 0.2) is 29.6 Å². The van der Waals surface area contributed by atoms with E-state index >= 15 is 0 Å². The molecule has 1 amide bonds. The second kappa shape index (κ2) is 14.0. The Kier molecular flexibility index (Phi) is 10.1. The largest absolute Gasteiger partial charge is 0.478 e. The topological polar surface area (TPSA) is 105 Å². The van der Waals surface area contributed by atoms with E-state index in [0.717, 1.165) is 5.56 Å². The first-order valence-corrected chi connectivity index (χ1v) is 14.9. The van der Waals surface area contributed by atoms with E-state index < -0.39 is 65.0 Å².